The Labute approximate surface area is 171 Å². The molecule has 0 aromatic heterocycles. The zero-order valence-corrected chi connectivity index (χ0v) is 16.7. The Morgan fingerprint density at radius 2 is 2.00 bits per heavy atom. The Balaban J connectivity index is 1.83. The van der Waals surface area contributed by atoms with E-state index in [9.17, 15) is 18.0 Å². The smallest absolute Gasteiger partial charge is 0.416 e. The fourth-order valence-corrected chi connectivity index (χ4v) is 3.74. The highest BCUT2D eigenvalue weighted by atomic mass is 79.9. The van der Waals surface area contributed by atoms with Crippen LogP contribution in [0.4, 0.5) is 13.2 Å². The summed E-state index contributed by atoms with van der Waals surface area (Å²) >= 11 is 9.46. The lowest BCUT2D eigenvalue weighted by molar-refractivity contribution is -0.137. The summed E-state index contributed by atoms with van der Waals surface area (Å²) in [5.74, 6) is 0.142. The van der Waals surface area contributed by atoms with E-state index in [0.717, 1.165) is 28.4 Å². The minimum atomic E-state index is -4.41. The molecule has 140 valence electrons. The summed E-state index contributed by atoms with van der Waals surface area (Å²) in [6.07, 6.45) is -2.78. The molecule has 0 spiro atoms. The van der Waals surface area contributed by atoms with Gasteiger partial charge in [0.1, 0.15) is 16.7 Å². The van der Waals surface area contributed by atoms with E-state index < -0.39 is 11.7 Å². The van der Waals surface area contributed by atoms with E-state index in [0.29, 0.717) is 26.1 Å². The molecule has 0 aliphatic carbocycles. The van der Waals surface area contributed by atoms with Crippen molar-refractivity contribution in [2.45, 2.75) is 12.8 Å². The van der Waals surface area contributed by atoms with Crippen LogP contribution in [-0.2, 0) is 17.6 Å². The van der Waals surface area contributed by atoms with Gasteiger partial charge in [-0.25, -0.2) is 0 Å². The minimum absolute atomic E-state index is 0.0422. The van der Waals surface area contributed by atoms with E-state index in [1.54, 1.807) is 30.3 Å². The second-order valence-electron chi connectivity index (χ2n) is 5.52. The number of rotatable bonds is 4. The Hall–Kier alpha value is -1.84. The number of amides is 1. The molecular formula is C18H11BrF3NO2S2. The van der Waals surface area contributed by atoms with Gasteiger partial charge in [0.25, 0.3) is 5.91 Å². The Morgan fingerprint density at radius 3 is 2.67 bits per heavy atom. The SMILES string of the molecule is O=C1NC(=S)S/C1=C/c1cc(Br)ccc1OCc1cccc(C(F)(F)F)c1. The standard InChI is InChI=1S/C18H11BrF3NO2S2/c19-13-4-5-14(11(7-13)8-15-16(24)23-17(26)27-15)25-9-10-2-1-3-12(6-10)18(20,21)22/h1-8H,9H2,(H,23,24,26)/b15-8+. The van der Waals surface area contributed by atoms with Gasteiger partial charge in [-0.1, -0.05) is 52.0 Å². The van der Waals surface area contributed by atoms with E-state index in [2.05, 4.69) is 21.2 Å². The van der Waals surface area contributed by atoms with Crippen LogP contribution in [0.25, 0.3) is 6.08 Å². The van der Waals surface area contributed by atoms with Crippen molar-refractivity contribution in [1.82, 2.24) is 5.32 Å². The minimum Gasteiger partial charge on any atom is -0.488 e. The average Bonchev–Trinajstić information content (AvgIpc) is 2.91. The molecule has 0 saturated carbocycles. The molecule has 1 aliphatic heterocycles. The average molecular weight is 474 g/mol. The quantitative estimate of drug-likeness (QED) is 0.467. The number of benzene rings is 2. The maximum atomic E-state index is 12.8. The highest BCUT2D eigenvalue weighted by molar-refractivity contribution is 9.10. The van der Waals surface area contributed by atoms with Crippen LogP contribution >= 0.6 is 39.9 Å². The molecule has 1 N–H and O–H groups in total. The lowest BCUT2D eigenvalue weighted by atomic mass is 10.1. The number of ether oxygens (including phenoxy) is 1. The van der Waals surface area contributed by atoms with Crippen LogP contribution in [0.2, 0.25) is 0 Å². The Bertz CT molecular complexity index is 944. The molecule has 0 unspecified atom stereocenters. The number of thioether (sulfide) groups is 1. The summed E-state index contributed by atoms with van der Waals surface area (Å²) in [6.45, 7) is -0.0422. The van der Waals surface area contributed by atoms with Crippen LogP contribution < -0.4 is 10.1 Å². The lowest BCUT2D eigenvalue weighted by Gasteiger charge is -2.12. The van der Waals surface area contributed by atoms with Crippen LogP contribution in [-0.4, -0.2) is 10.2 Å². The molecule has 1 aliphatic rings. The molecule has 0 atom stereocenters. The summed E-state index contributed by atoms with van der Waals surface area (Å²) in [6, 6.07) is 10.1. The van der Waals surface area contributed by atoms with Gasteiger partial charge in [0.05, 0.1) is 10.5 Å². The van der Waals surface area contributed by atoms with Crippen LogP contribution in [0.5, 0.6) is 5.75 Å². The third kappa shape index (κ3) is 5.12. The number of carbonyl (C=O) groups is 1. The van der Waals surface area contributed by atoms with Gasteiger partial charge in [0.15, 0.2) is 0 Å². The Morgan fingerprint density at radius 1 is 1.22 bits per heavy atom. The predicted octanol–water partition coefficient (Wildman–Crippen LogP) is 5.54. The number of hydrogen-bond acceptors (Lipinski definition) is 4. The summed E-state index contributed by atoms with van der Waals surface area (Å²) in [5, 5.41) is 2.53. The summed E-state index contributed by atoms with van der Waals surface area (Å²) < 4.78 is 45.3. The molecule has 9 heteroatoms. The van der Waals surface area contributed by atoms with Crippen LogP contribution in [0, 0.1) is 0 Å². The third-order valence-corrected chi connectivity index (χ3v) is 5.21. The monoisotopic (exact) mass is 473 g/mol. The first-order valence-corrected chi connectivity index (χ1v) is 9.57. The van der Waals surface area contributed by atoms with Gasteiger partial charge in [0.2, 0.25) is 0 Å². The van der Waals surface area contributed by atoms with Crippen molar-refractivity contribution < 1.29 is 22.7 Å². The number of thiocarbonyl (C=S) groups is 1. The highest BCUT2D eigenvalue weighted by Crippen LogP contribution is 2.32. The van der Waals surface area contributed by atoms with Crippen molar-refractivity contribution in [2.75, 3.05) is 0 Å². The van der Waals surface area contributed by atoms with E-state index in [1.165, 1.54) is 6.07 Å². The van der Waals surface area contributed by atoms with Crippen molar-refractivity contribution in [3.8, 4) is 5.75 Å². The molecule has 27 heavy (non-hydrogen) atoms. The topological polar surface area (TPSA) is 38.3 Å². The molecular weight excluding hydrogens is 463 g/mol. The van der Waals surface area contributed by atoms with Crippen LogP contribution in [0.3, 0.4) is 0 Å². The van der Waals surface area contributed by atoms with Crippen LogP contribution in [0.15, 0.2) is 51.8 Å². The second-order valence-corrected chi connectivity index (χ2v) is 8.16. The van der Waals surface area contributed by atoms with E-state index in [-0.39, 0.29) is 12.5 Å². The molecule has 1 saturated heterocycles. The van der Waals surface area contributed by atoms with Gasteiger partial charge in [-0.3, -0.25) is 4.79 Å². The summed E-state index contributed by atoms with van der Waals surface area (Å²) in [7, 11) is 0. The van der Waals surface area contributed by atoms with E-state index >= 15 is 0 Å². The molecule has 0 bridgehead atoms. The molecule has 2 aromatic rings. The molecule has 0 radical (unpaired) electrons. The molecule has 3 rings (SSSR count). The first-order chi connectivity index (χ1) is 12.7. The third-order valence-electron chi connectivity index (χ3n) is 3.55. The van der Waals surface area contributed by atoms with Crippen molar-refractivity contribution in [1.29, 1.82) is 0 Å². The zero-order chi connectivity index (χ0) is 19.6. The van der Waals surface area contributed by atoms with Gasteiger partial charge < -0.3 is 10.1 Å². The molecule has 1 heterocycles. The number of halogens is 4. The summed E-state index contributed by atoms with van der Waals surface area (Å²) in [5.41, 5.74) is 0.272. The first-order valence-electron chi connectivity index (χ1n) is 7.56. The van der Waals surface area contributed by atoms with Crippen molar-refractivity contribution in [3.05, 3.63) is 68.5 Å². The summed E-state index contributed by atoms with van der Waals surface area (Å²) in [4.78, 5) is 12.3. The van der Waals surface area contributed by atoms with E-state index in [4.69, 9.17) is 17.0 Å². The van der Waals surface area contributed by atoms with Gasteiger partial charge in [0, 0.05) is 10.0 Å². The number of nitrogens with one attached hydrogen (secondary N) is 1. The number of hydrogen-bond donors (Lipinski definition) is 1. The number of carbonyl (C=O) groups excluding carboxylic acids is 1. The van der Waals surface area contributed by atoms with Crippen LogP contribution in [0.1, 0.15) is 16.7 Å². The molecule has 2 aromatic carbocycles. The fourth-order valence-electron chi connectivity index (χ4n) is 2.32. The van der Waals surface area contributed by atoms with Gasteiger partial charge >= 0.3 is 6.18 Å². The second kappa shape index (κ2) is 8.04. The molecule has 3 nitrogen and oxygen atoms in total. The molecule has 1 amide bonds. The van der Waals surface area contributed by atoms with Crippen molar-refractivity contribution in [3.63, 3.8) is 0 Å². The largest absolute Gasteiger partial charge is 0.488 e. The zero-order valence-electron chi connectivity index (χ0n) is 13.5. The fraction of sp³-hybridized carbons (Fsp3) is 0.111. The lowest BCUT2D eigenvalue weighted by Crippen LogP contribution is -2.17. The number of alkyl halides is 3. The first kappa shape index (κ1) is 19.9. The molecule has 1 fully saturated rings. The highest BCUT2D eigenvalue weighted by Gasteiger charge is 2.30. The predicted molar refractivity (Wildman–Crippen MR) is 106 cm³/mol. The van der Waals surface area contributed by atoms with Crippen molar-refractivity contribution >= 4 is 56.2 Å². The maximum Gasteiger partial charge on any atom is 0.416 e. The van der Waals surface area contributed by atoms with Gasteiger partial charge in [-0.05, 0) is 42.0 Å². The van der Waals surface area contributed by atoms with Crippen molar-refractivity contribution in [2.24, 2.45) is 0 Å². The normalized spacial score (nSPS) is 15.9. The van der Waals surface area contributed by atoms with Gasteiger partial charge in [-0.15, -0.1) is 0 Å². The van der Waals surface area contributed by atoms with Gasteiger partial charge in [-0.2, -0.15) is 13.2 Å². The Kier molecular flexibility index (Phi) is 5.92. The van der Waals surface area contributed by atoms with E-state index in [1.807, 2.05) is 0 Å². The maximum absolute atomic E-state index is 12.8.